The Morgan fingerprint density at radius 3 is 2.96 bits per heavy atom. The van der Waals surface area contributed by atoms with E-state index in [-0.39, 0.29) is 16.7 Å². The first-order valence-corrected chi connectivity index (χ1v) is 8.00. The number of likely N-dealkylation sites (tertiary alicyclic amines) is 1. The lowest BCUT2D eigenvalue weighted by Crippen LogP contribution is -2.41. The van der Waals surface area contributed by atoms with Gasteiger partial charge in [0, 0.05) is 30.4 Å². The van der Waals surface area contributed by atoms with Crippen LogP contribution in [0.4, 0.5) is 0 Å². The highest BCUT2D eigenvalue weighted by atomic mass is 16.6. The van der Waals surface area contributed by atoms with Gasteiger partial charge in [0.15, 0.2) is 0 Å². The number of carbonyl (C=O) groups excluding carboxylic acids is 1. The minimum absolute atomic E-state index is 0.0625. The molecule has 1 aromatic carbocycles. The van der Waals surface area contributed by atoms with Crippen LogP contribution in [-0.2, 0) is 4.79 Å². The van der Waals surface area contributed by atoms with E-state index in [1.807, 2.05) is 24.3 Å². The molecule has 0 bridgehead atoms. The minimum Gasteiger partial charge on any atom is -0.342 e. The third-order valence-corrected chi connectivity index (χ3v) is 4.87. The smallest absolute Gasteiger partial charge is 0.232 e. The molecule has 1 N–H and O–H groups in total. The Bertz CT molecular complexity index is 739. The first-order valence-electron chi connectivity index (χ1n) is 8.00. The molecule has 3 unspecified atom stereocenters. The number of aromatic nitrogens is 2. The number of benzene rings is 1. The number of H-pyrrole nitrogens is 1. The Morgan fingerprint density at radius 2 is 2.22 bits per heavy atom. The number of imidazole rings is 1. The van der Waals surface area contributed by atoms with Crippen LogP contribution < -0.4 is 0 Å². The maximum atomic E-state index is 12.4. The zero-order chi connectivity index (χ0) is 16.0. The number of aromatic amines is 1. The van der Waals surface area contributed by atoms with Crippen molar-refractivity contribution in [3.63, 3.8) is 0 Å². The van der Waals surface area contributed by atoms with E-state index in [0.29, 0.717) is 19.5 Å². The summed E-state index contributed by atoms with van der Waals surface area (Å²) in [5.74, 6) is 0.602. The van der Waals surface area contributed by atoms with Crippen LogP contribution in [0.25, 0.3) is 11.0 Å². The summed E-state index contributed by atoms with van der Waals surface area (Å²) in [6, 6.07) is 7.20. The normalized spacial score (nSPS) is 27.1. The highest BCUT2D eigenvalue weighted by Crippen LogP contribution is 2.36. The molecule has 1 aliphatic carbocycles. The maximum Gasteiger partial charge on any atom is 0.232 e. The zero-order valence-corrected chi connectivity index (χ0v) is 12.6. The Kier molecular flexibility index (Phi) is 3.28. The summed E-state index contributed by atoms with van der Waals surface area (Å²) < 4.78 is 0. The summed E-state index contributed by atoms with van der Waals surface area (Å²) >= 11 is 0. The molecule has 3 atom stereocenters. The number of hydrogen-bond acceptors (Lipinski definition) is 4. The van der Waals surface area contributed by atoms with Crippen molar-refractivity contribution in [1.82, 2.24) is 14.9 Å². The largest absolute Gasteiger partial charge is 0.342 e. The molecule has 23 heavy (non-hydrogen) atoms. The van der Waals surface area contributed by atoms with Crippen LogP contribution in [0.3, 0.4) is 0 Å². The van der Waals surface area contributed by atoms with E-state index < -0.39 is 12.0 Å². The molecule has 1 saturated heterocycles. The fourth-order valence-corrected chi connectivity index (χ4v) is 3.48. The second-order valence-electron chi connectivity index (χ2n) is 6.46. The SMILES string of the molecule is O=C(C1CC1[N+](=O)[O-])N1CCCC(c2nc3ccccc3[nH]2)C1. The molecule has 0 spiro atoms. The average Bonchev–Trinajstić information content (AvgIpc) is 3.26. The second kappa shape index (κ2) is 5.33. The van der Waals surface area contributed by atoms with E-state index in [1.54, 1.807) is 4.90 Å². The van der Waals surface area contributed by atoms with Gasteiger partial charge in [-0.2, -0.15) is 0 Å². The highest BCUT2D eigenvalue weighted by molar-refractivity contribution is 5.82. The number of amides is 1. The minimum atomic E-state index is -0.672. The van der Waals surface area contributed by atoms with Crippen molar-refractivity contribution in [1.29, 1.82) is 0 Å². The molecular weight excluding hydrogens is 296 g/mol. The Morgan fingerprint density at radius 1 is 1.39 bits per heavy atom. The number of nitrogens with one attached hydrogen (secondary N) is 1. The van der Waals surface area contributed by atoms with Gasteiger partial charge < -0.3 is 9.88 Å². The summed E-state index contributed by atoms with van der Waals surface area (Å²) in [4.78, 5) is 32.6. The van der Waals surface area contributed by atoms with E-state index in [9.17, 15) is 14.9 Å². The van der Waals surface area contributed by atoms with Crippen LogP contribution in [0.1, 0.15) is 31.0 Å². The third kappa shape index (κ3) is 2.56. The molecule has 1 aromatic heterocycles. The van der Waals surface area contributed by atoms with E-state index in [2.05, 4.69) is 9.97 Å². The Balaban J connectivity index is 1.48. The van der Waals surface area contributed by atoms with Crippen molar-refractivity contribution in [3.05, 3.63) is 40.2 Å². The van der Waals surface area contributed by atoms with E-state index in [0.717, 1.165) is 29.7 Å². The lowest BCUT2D eigenvalue weighted by molar-refractivity contribution is -0.497. The molecule has 2 fully saturated rings. The molecule has 7 nitrogen and oxygen atoms in total. The van der Waals surface area contributed by atoms with Crippen molar-refractivity contribution in [3.8, 4) is 0 Å². The van der Waals surface area contributed by atoms with Gasteiger partial charge in [-0.15, -0.1) is 0 Å². The highest BCUT2D eigenvalue weighted by Gasteiger charge is 2.54. The molecular formula is C16H18N4O3. The summed E-state index contributed by atoms with van der Waals surface area (Å²) in [7, 11) is 0. The summed E-state index contributed by atoms with van der Waals surface area (Å²) in [6.45, 7) is 1.29. The average molecular weight is 314 g/mol. The maximum absolute atomic E-state index is 12.4. The van der Waals surface area contributed by atoms with Gasteiger partial charge in [0.2, 0.25) is 11.9 Å². The Hall–Kier alpha value is -2.44. The first-order chi connectivity index (χ1) is 11.1. The van der Waals surface area contributed by atoms with Crippen LogP contribution in [0.5, 0.6) is 0 Å². The molecule has 2 heterocycles. The van der Waals surface area contributed by atoms with Gasteiger partial charge in [-0.05, 0) is 25.0 Å². The molecule has 2 aliphatic rings. The number of nitrogens with zero attached hydrogens (tertiary/aromatic N) is 3. The predicted molar refractivity (Wildman–Crippen MR) is 83.5 cm³/mol. The molecule has 1 aliphatic heterocycles. The van der Waals surface area contributed by atoms with Crippen molar-refractivity contribution in [2.24, 2.45) is 5.92 Å². The van der Waals surface area contributed by atoms with Gasteiger partial charge >= 0.3 is 0 Å². The zero-order valence-electron chi connectivity index (χ0n) is 12.6. The van der Waals surface area contributed by atoms with Crippen LogP contribution >= 0.6 is 0 Å². The van der Waals surface area contributed by atoms with Gasteiger partial charge in [-0.25, -0.2) is 4.98 Å². The van der Waals surface area contributed by atoms with E-state index in [1.165, 1.54) is 0 Å². The number of hydrogen-bond donors (Lipinski definition) is 1. The molecule has 1 amide bonds. The van der Waals surface area contributed by atoms with Gasteiger partial charge in [-0.1, -0.05) is 12.1 Å². The second-order valence-corrected chi connectivity index (χ2v) is 6.46. The van der Waals surface area contributed by atoms with Crippen LogP contribution in [0.15, 0.2) is 24.3 Å². The lowest BCUT2D eigenvalue weighted by atomic mass is 9.97. The van der Waals surface area contributed by atoms with Gasteiger partial charge in [-0.3, -0.25) is 14.9 Å². The van der Waals surface area contributed by atoms with E-state index in [4.69, 9.17) is 0 Å². The number of carbonyl (C=O) groups is 1. The van der Waals surface area contributed by atoms with Gasteiger partial charge in [0.25, 0.3) is 0 Å². The number of fused-ring (bicyclic) bond motifs is 1. The quantitative estimate of drug-likeness (QED) is 0.692. The standard InChI is InChI=1S/C16H18N4O3/c21-16(11-8-14(11)20(22)23)19-7-3-4-10(9-19)15-17-12-5-1-2-6-13(12)18-15/h1-2,5-6,10-11,14H,3-4,7-9H2,(H,17,18). The lowest BCUT2D eigenvalue weighted by Gasteiger charge is -2.31. The number of piperidine rings is 1. The van der Waals surface area contributed by atoms with Gasteiger partial charge in [0.1, 0.15) is 11.7 Å². The van der Waals surface area contributed by atoms with Crippen molar-refractivity contribution >= 4 is 16.9 Å². The number of para-hydroxylation sites is 2. The van der Waals surface area contributed by atoms with Crippen LogP contribution in [0, 0.1) is 16.0 Å². The molecule has 7 heteroatoms. The summed E-state index contributed by atoms with van der Waals surface area (Å²) in [6.07, 6.45) is 2.27. The molecule has 0 radical (unpaired) electrons. The topological polar surface area (TPSA) is 92.1 Å². The molecule has 2 aromatic rings. The third-order valence-electron chi connectivity index (χ3n) is 4.87. The predicted octanol–water partition coefficient (Wildman–Crippen LogP) is 1.93. The van der Waals surface area contributed by atoms with Gasteiger partial charge in [0.05, 0.1) is 11.0 Å². The monoisotopic (exact) mass is 314 g/mol. The fourth-order valence-electron chi connectivity index (χ4n) is 3.48. The molecule has 4 rings (SSSR count). The van der Waals surface area contributed by atoms with E-state index >= 15 is 0 Å². The molecule has 120 valence electrons. The summed E-state index contributed by atoms with van der Waals surface area (Å²) in [5.41, 5.74) is 1.93. The van der Waals surface area contributed by atoms with Crippen LogP contribution in [-0.4, -0.2) is 44.8 Å². The first kappa shape index (κ1) is 14.2. The fraction of sp³-hybridized carbons (Fsp3) is 0.500. The van der Waals surface area contributed by atoms with Crippen LogP contribution in [0.2, 0.25) is 0 Å². The van der Waals surface area contributed by atoms with Crippen molar-refractivity contribution in [2.45, 2.75) is 31.2 Å². The van der Waals surface area contributed by atoms with Crippen molar-refractivity contribution < 1.29 is 9.72 Å². The van der Waals surface area contributed by atoms with Crippen molar-refractivity contribution in [2.75, 3.05) is 13.1 Å². The summed E-state index contributed by atoms with van der Waals surface area (Å²) in [5, 5.41) is 10.8. The Labute approximate surface area is 132 Å². The number of rotatable bonds is 3. The number of nitro groups is 1. The molecule has 1 saturated carbocycles.